The summed E-state index contributed by atoms with van der Waals surface area (Å²) in [5.74, 6) is 1.17. The van der Waals surface area contributed by atoms with Gasteiger partial charge in [0.15, 0.2) is 17.3 Å². The van der Waals surface area contributed by atoms with Gasteiger partial charge in [-0.3, -0.25) is 4.79 Å². The topological polar surface area (TPSA) is 61.6 Å². The molecule has 0 unspecified atom stereocenters. The van der Waals surface area contributed by atoms with E-state index in [0.29, 0.717) is 41.5 Å². The van der Waals surface area contributed by atoms with E-state index in [-0.39, 0.29) is 5.78 Å². The number of nitrogens with two attached hydrogens (primary N) is 1. The number of ketones is 1. The van der Waals surface area contributed by atoms with Gasteiger partial charge in [0.2, 0.25) is 0 Å². The van der Waals surface area contributed by atoms with Crippen molar-refractivity contribution in [1.82, 2.24) is 0 Å². The maximum absolute atomic E-state index is 12.5. The van der Waals surface area contributed by atoms with E-state index in [1.54, 1.807) is 30.3 Å². The fraction of sp³-hybridized carbons (Fsp3) is 0.188. The van der Waals surface area contributed by atoms with Crippen LogP contribution in [0.15, 0.2) is 36.4 Å². The minimum absolute atomic E-state index is 0.108. The van der Waals surface area contributed by atoms with Crippen molar-refractivity contribution in [3.05, 3.63) is 53.1 Å². The molecule has 1 heterocycles. The molecule has 102 valence electrons. The molecule has 1 aliphatic heterocycles. The van der Waals surface area contributed by atoms with Gasteiger partial charge in [0.1, 0.15) is 13.2 Å². The molecule has 2 aromatic carbocycles. The van der Waals surface area contributed by atoms with Gasteiger partial charge in [0.25, 0.3) is 0 Å². The van der Waals surface area contributed by atoms with E-state index < -0.39 is 0 Å². The SMILES string of the molecule is Cc1ccc(N)c(C(=O)c2ccc3c(c2)OCCO3)c1. The summed E-state index contributed by atoms with van der Waals surface area (Å²) in [5.41, 5.74) is 8.43. The van der Waals surface area contributed by atoms with Crippen molar-refractivity contribution in [2.45, 2.75) is 6.92 Å². The van der Waals surface area contributed by atoms with Crippen LogP contribution in [0.5, 0.6) is 11.5 Å². The third-order valence-electron chi connectivity index (χ3n) is 3.26. The van der Waals surface area contributed by atoms with Gasteiger partial charge < -0.3 is 15.2 Å². The van der Waals surface area contributed by atoms with Crippen molar-refractivity contribution in [1.29, 1.82) is 0 Å². The second kappa shape index (κ2) is 4.89. The molecule has 1 aliphatic rings. The Bertz CT molecular complexity index is 679. The average Bonchev–Trinajstić information content (AvgIpc) is 2.48. The maximum atomic E-state index is 12.5. The number of nitrogen functional groups attached to an aromatic ring is 1. The Morgan fingerprint density at radius 3 is 2.60 bits per heavy atom. The Hall–Kier alpha value is -2.49. The Morgan fingerprint density at radius 2 is 1.80 bits per heavy atom. The number of fused-ring (bicyclic) bond motifs is 1. The molecule has 2 N–H and O–H groups in total. The summed E-state index contributed by atoms with van der Waals surface area (Å²) in [6.07, 6.45) is 0. The molecular weight excluding hydrogens is 254 g/mol. The van der Waals surface area contributed by atoms with Gasteiger partial charge in [-0.15, -0.1) is 0 Å². The van der Waals surface area contributed by atoms with E-state index in [1.165, 1.54) is 0 Å². The van der Waals surface area contributed by atoms with E-state index in [4.69, 9.17) is 15.2 Å². The fourth-order valence-electron chi connectivity index (χ4n) is 2.21. The quantitative estimate of drug-likeness (QED) is 0.672. The summed E-state index contributed by atoms with van der Waals surface area (Å²) in [5, 5.41) is 0. The number of carbonyl (C=O) groups excluding carboxylic acids is 1. The maximum Gasteiger partial charge on any atom is 0.195 e. The summed E-state index contributed by atoms with van der Waals surface area (Å²) in [6.45, 7) is 2.96. The Labute approximate surface area is 117 Å². The first-order chi connectivity index (χ1) is 9.65. The molecule has 3 rings (SSSR count). The largest absolute Gasteiger partial charge is 0.486 e. The highest BCUT2D eigenvalue weighted by molar-refractivity contribution is 6.12. The van der Waals surface area contributed by atoms with E-state index >= 15 is 0 Å². The zero-order valence-electron chi connectivity index (χ0n) is 11.2. The molecule has 20 heavy (non-hydrogen) atoms. The first-order valence-corrected chi connectivity index (χ1v) is 6.45. The van der Waals surface area contributed by atoms with Crippen LogP contribution in [0.2, 0.25) is 0 Å². The van der Waals surface area contributed by atoms with Crippen LogP contribution in [-0.2, 0) is 0 Å². The minimum atomic E-state index is -0.108. The normalized spacial score (nSPS) is 13.1. The van der Waals surface area contributed by atoms with Gasteiger partial charge in [0.05, 0.1) is 0 Å². The van der Waals surface area contributed by atoms with Gasteiger partial charge in [-0.1, -0.05) is 11.6 Å². The van der Waals surface area contributed by atoms with E-state index in [2.05, 4.69) is 0 Å². The van der Waals surface area contributed by atoms with Crippen molar-refractivity contribution in [2.75, 3.05) is 18.9 Å². The highest BCUT2D eigenvalue weighted by atomic mass is 16.6. The Kier molecular flexibility index (Phi) is 3.06. The first kappa shape index (κ1) is 12.5. The smallest absolute Gasteiger partial charge is 0.195 e. The van der Waals surface area contributed by atoms with Crippen molar-refractivity contribution in [3.63, 3.8) is 0 Å². The van der Waals surface area contributed by atoms with E-state index in [9.17, 15) is 4.79 Å². The van der Waals surface area contributed by atoms with Crippen LogP contribution in [0.3, 0.4) is 0 Å². The molecular formula is C16H15NO3. The third kappa shape index (κ3) is 2.20. The third-order valence-corrected chi connectivity index (χ3v) is 3.26. The molecule has 0 spiro atoms. The van der Waals surface area contributed by atoms with Crippen LogP contribution in [0.1, 0.15) is 21.5 Å². The minimum Gasteiger partial charge on any atom is -0.486 e. The van der Waals surface area contributed by atoms with Gasteiger partial charge in [-0.25, -0.2) is 0 Å². The van der Waals surface area contributed by atoms with Crippen molar-refractivity contribution >= 4 is 11.5 Å². The highest BCUT2D eigenvalue weighted by Crippen LogP contribution is 2.32. The van der Waals surface area contributed by atoms with Gasteiger partial charge >= 0.3 is 0 Å². The lowest BCUT2D eigenvalue weighted by Crippen LogP contribution is -2.16. The predicted octanol–water partition coefficient (Wildman–Crippen LogP) is 2.58. The monoisotopic (exact) mass is 269 g/mol. The number of hydrogen-bond acceptors (Lipinski definition) is 4. The first-order valence-electron chi connectivity index (χ1n) is 6.45. The number of anilines is 1. The molecule has 4 heteroatoms. The van der Waals surface area contributed by atoms with Crippen LogP contribution >= 0.6 is 0 Å². The molecule has 0 saturated carbocycles. The molecule has 0 fully saturated rings. The highest BCUT2D eigenvalue weighted by Gasteiger charge is 2.17. The molecule has 0 saturated heterocycles. The van der Waals surface area contributed by atoms with Gasteiger partial charge in [-0.2, -0.15) is 0 Å². The predicted molar refractivity (Wildman–Crippen MR) is 76.5 cm³/mol. The number of rotatable bonds is 2. The molecule has 0 radical (unpaired) electrons. The van der Waals surface area contributed by atoms with Crippen LogP contribution in [0.4, 0.5) is 5.69 Å². The Balaban J connectivity index is 2.00. The zero-order chi connectivity index (χ0) is 14.1. The number of carbonyl (C=O) groups is 1. The number of aryl methyl sites for hydroxylation is 1. The number of ether oxygens (including phenoxy) is 2. The molecule has 0 amide bonds. The lowest BCUT2D eigenvalue weighted by atomic mass is 9.99. The molecule has 0 aliphatic carbocycles. The van der Waals surface area contributed by atoms with Crippen LogP contribution in [-0.4, -0.2) is 19.0 Å². The lowest BCUT2D eigenvalue weighted by molar-refractivity contribution is 0.103. The summed E-state index contributed by atoms with van der Waals surface area (Å²) < 4.78 is 10.9. The molecule has 4 nitrogen and oxygen atoms in total. The molecule has 0 bridgehead atoms. The van der Waals surface area contributed by atoms with Crippen molar-refractivity contribution < 1.29 is 14.3 Å². The zero-order valence-corrected chi connectivity index (χ0v) is 11.2. The summed E-state index contributed by atoms with van der Waals surface area (Å²) in [4.78, 5) is 12.5. The Morgan fingerprint density at radius 1 is 1.05 bits per heavy atom. The summed E-state index contributed by atoms with van der Waals surface area (Å²) in [6, 6.07) is 10.6. The molecule has 0 atom stereocenters. The van der Waals surface area contributed by atoms with Crippen molar-refractivity contribution in [2.24, 2.45) is 0 Å². The lowest BCUT2D eigenvalue weighted by Gasteiger charge is -2.18. The summed E-state index contributed by atoms with van der Waals surface area (Å²) >= 11 is 0. The second-order valence-electron chi connectivity index (χ2n) is 4.78. The number of benzene rings is 2. The average molecular weight is 269 g/mol. The molecule has 2 aromatic rings. The molecule has 0 aromatic heterocycles. The van der Waals surface area contributed by atoms with Crippen LogP contribution in [0, 0.1) is 6.92 Å². The standard InChI is InChI=1S/C16H15NO3/c1-10-2-4-13(17)12(8-10)16(18)11-3-5-14-15(9-11)20-7-6-19-14/h2-5,8-9H,6-7,17H2,1H3. The summed E-state index contributed by atoms with van der Waals surface area (Å²) in [7, 11) is 0. The number of hydrogen-bond donors (Lipinski definition) is 1. The van der Waals surface area contributed by atoms with E-state index in [0.717, 1.165) is 5.56 Å². The van der Waals surface area contributed by atoms with Gasteiger partial charge in [-0.05, 0) is 37.3 Å². The van der Waals surface area contributed by atoms with Gasteiger partial charge in [0, 0.05) is 16.8 Å². The second-order valence-corrected chi connectivity index (χ2v) is 4.78. The fourth-order valence-corrected chi connectivity index (χ4v) is 2.21. The van der Waals surface area contributed by atoms with E-state index in [1.807, 2.05) is 13.0 Å². The van der Waals surface area contributed by atoms with Crippen LogP contribution in [0.25, 0.3) is 0 Å². The van der Waals surface area contributed by atoms with Crippen LogP contribution < -0.4 is 15.2 Å². The van der Waals surface area contributed by atoms with Crippen molar-refractivity contribution in [3.8, 4) is 11.5 Å².